The molecule has 2 heterocycles. The number of H-pyrrole nitrogens is 1. The number of amides is 3. The van der Waals surface area contributed by atoms with Crippen LogP contribution in [0.2, 0.25) is 0 Å². The summed E-state index contributed by atoms with van der Waals surface area (Å²) in [6.45, 7) is 1.91. The van der Waals surface area contributed by atoms with Gasteiger partial charge in [-0.2, -0.15) is 0 Å². The minimum absolute atomic E-state index is 0.240. The van der Waals surface area contributed by atoms with Crippen LogP contribution in [-0.4, -0.2) is 52.1 Å². The molecule has 2 aromatic rings. The Morgan fingerprint density at radius 2 is 1.92 bits per heavy atom. The van der Waals surface area contributed by atoms with Gasteiger partial charge in [0.25, 0.3) is 5.91 Å². The molecule has 3 amide bonds. The Morgan fingerprint density at radius 1 is 1.20 bits per heavy atom. The lowest BCUT2D eigenvalue weighted by Gasteiger charge is -2.12. The molecule has 1 aromatic carbocycles. The monoisotopic (exact) mass is 344 g/mol. The minimum Gasteiger partial charge on any atom is -0.452 e. The van der Waals surface area contributed by atoms with Crippen LogP contribution in [0.25, 0.3) is 5.69 Å². The molecule has 3 rings (SSSR count). The number of hydrogen-bond acceptors (Lipinski definition) is 5. The number of benzene rings is 1. The van der Waals surface area contributed by atoms with E-state index in [-0.39, 0.29) is 17.8 Å². The fraction of sp³-hybridized carbons (Fsp3) is 0.250. The molecule has 2 N–H and O–H groups in total. The quantitative estimate of drug-likeness (QED) is 0.768. The van der Waals surface area contributed by atoms with E-state index in [4.69, 9.17) is 4.74 Å². The minimum atomic E-state index is -0.683. The molecule has 1 fully saturated rings. The van der Waals surface area contributed by atoms with Gasteiger partial charge in [-0.3, -0.25) is 14.3 Å². The number of carbonyl (C=O) groups is 3. The van der Waals surface area contributed by atoms with Crippen molar-refractivity contribution in [3.8, 4) is 5.69 Å². The van der Waals surface area contributed by atoms with Crippen molar-refractivity contribution in [3.63, 3.8) is 0 Å². The van der Waals surface area contributed by atoms with Crippen molar-refractivity contribution in [2.45, 2.75) is 6.92 Å². The standard InChI is InChI=1S/C16H16N4O5/c1-10-8-18-16(24)20(10)12-4-2-11(3-5-12)14(22)25-9-13(21)19-7-6-17-15(19)23/h2-5,8H,6-7,9H2,1H3,(H,17,23)(H,18,24). The summed E-state index contributed by atoms with van der Waals surface area (Å²) in [5.41, 5.74) is 1.30. The number of imidazole rings is 1. The number of nitrogens with zero attached hydrogens (tertiary/aromatic N) is 2. The molecule has 0 spiro atoms. The summed E-state index contributed by atoms with van der Waals surface area (Å²) in [6.07, 6.45) is 1.59. The second-order valence-electron chi connectivity index (χ2n) is 5.47. The smallest absolute Gasteiger partial charge is 0.338 e. The van der Waals surface area contributed by atoms with E-state index in [1.54, 1.807) is 25.3 Å². The van der Waals surface area contributed by atoms with Gasteiger partial charge in [0.05, 0.1) is 11.3 Å². The van der Waals surface area contributed by atoms with Crippen LogP contribution in [0.4, 0.5) is 4.79 Å². The lowest BCUT2D eigenvalue weighted by atomic mass is 10.2. The molecule has 0 aliphatic carbocycles. The fourth-order valence-corrected chi connectivity index (χ4v) is 2.52. The Labute approximate surface area is 142 Å². The number of aryl methyl sites for hydroxylation is 1. The Hall–Kier alpha value is -3.36. The van der Waals surface area contributed by atoms with E-state index >= 15 is 0 Å². The van der Waals surface area contributed by atoms with Crippen LogP contribution < -0.4 is 11.0 Å². The van der Waals surface area contributed by atoms with E-state index in [0.717, 1.165) is 10.6 Å². The molecule has 25 heavy (non-hydrogen) atoms. The fourth-order valence-electron chi connectivity index (χ4n) is 2.52. The summed E-state index contributed by atoms with van der Waals surface area (Å²) in [5, 5.41) is 2.49. The maximum Gasteiger partial charge on any atom is 0.338 e. The normalized spacial score (nSPS) is 13.6. The molecule has 130 valence electrons. The third-order valence-corrected chi connectivity index (χ3v) is 3.81. The van der Waals surface area contributed by atoms with Crippen molar-refractivity contribution in [3.05, 3.63) is 52.2 Å². The number of aromatic nitrogens is 2. The summed E-state index contributed by atoms with van der Waals surface area (Å²) < 4.78 is 6.41. The van der Waals surface area contributed by atoms with Gasteiger partial charge in [0, 0.05) is 25.0 Å². The highest BCUT2D eigenvalue weighted by Gasteiger charge is 2.26. The number of ether oxygens (including phenoxy) is 1. The highest BCUT2D eigenvalue weighted by Crippen LogP contribution is 2.11. The Balaban J connectivity index is 1.64. The molecular formula is C16H16N4O5. The summed E-state index contributed by atoms with van der Waals surface area (Å²) >= 11 is 0. The topological polar surface area (TPSA) is 114 Å². The van der Waals surface area contributed by atoms with Gasteiger partial charge in [-0.1, -0.05) is 0 Å². The van der Waals surface area contributed by atoms with Crippen molar-refractivity contribution >= 4 is 17.9 Å². The Morgan fingerprint density at radius 3 is 2.48 bits per heavy atom. The average molecular weight is 344 g/mol. The number of nitrogens with one attached hydrogen (secondary N) is 2. The maximum atomic E-state index is 12.0. The van der Waals surface area contributed by atoms with Crippen molar-refractivity contribution in [2.24, 2.45) is 0 Å². The zero-order chi connectivity index (χ0) is 18.0. The predicted octanol–water partition coefficient (Wildman–Crippen LogP) is 0.183. The van der Waals surface area contributed by atoms with Gasteiger partial charge in [-0.05, 0) is 31.2 Å². The van der Waals surface area contributed by atoms with Crippen LogP contribution in [-0.2, 0) is 9.53 Å². The van der Waals surface area contributed by atoms with Crippen LogP contribution in [0, 0.1) is 6.92 Å². The Bertz CT molecular complexity index is 881. The van der Waals surface area contributed by atoms with Gasteiger partial charge in [0.2, 0.25) is 0 Å². The van der Waals surface area contributed by atoms with Crippen molar-refractivity contribution in [2.75, 3.05) is 19.7 Å². The molecule has 0 unspecified atom stereocenters. The van der Waals surface area contributed by atoms with E-state index < -0.39 is 24.5 Å². The molecule has 0 saturated carbocycles. The zero-order valence-corrected chi connectivity index (χ0v) is 13.4. The van der Waals surface area contributed by atoms with Gasteiger partial charge in [-0.15, -0.1) is 0 Å². The van der Waals surface area contributed by atoms with Crippen LogP contribution in [0.5, 0.6) is 0 Å². The first kappa shape index (κ1) is 16.5. The second kappa shape index (κ2) is 6.63. The third-order valence-electron chi connectivity index (χ3n) is 3.81. The average Bonchev–Trinajstić information content (AvgIpc) is 3.18. The molecular weight excluding hydrogens is 328 g/mol. The van der Waals surface area contributed by atoms with Crippen LogP contribution >= 0.6 is 0 Å². The van der Waals surface area contributed by atoms with Crippen molar-refractivity contribution in [1.82, 2.24) is 19.8 Å². The zero-order valence-electron chi connectivity index (χ0n) is 13.4. The van der Waals surface area contributed by atoms with Crippen molar-refractivity contribution in [1.29, 1.82) is 0 Å². The van der Waals surface area contributed by atoms with E-state index in [9.17, 15) is 19.2 Å². The lowest BCUT2D eigenvalue weighted by molar-refractivity contribution is -0.130. The molecule has 0 bridgehead atoms. The molecule has 1 aliphatic heterocycles. The number of urea groups is 1. The van der Waals surface area contributed by atoms with E-state index in [1.807, 2.05) is 0 Å². The van der Waals surface area contributed by atoms with Gasteiger partial charge >= 0.3 is 17.7 Å². The highest BCUT2D eigenvalue weighted by atomic mass is 16.5. The van der Waals surface area contributed by atoms with E-state index in [2.05, 4.69) is 10.3 Å². The van der Waals surface area contributed by atoms with E-state index in [0.29, 0.717) is 12.2 Å². The molecule has 1 aromatic heterocycles. The van der Waals surface area contributed by atoms with Crippen molar-refractivity contribution < 1.29 is 19.1 Å². The van der Waals surface area contributed by atoms with Gasteiger partial charge < -0.3 is 15.0 Å². The molecule has 9 nitrogen and oxygen atoms in total. The highest BCUT2D eigenvalue weighted by molar-refractivity contribution is 5.98. The number of hydrogen-bond donors (Lipinski definition) is 2. The number of aromatic amines is 1. The molecule has 0 radical (unpaired) electrons. The molecule has 0 atom stereocenters. The first-order valence-electron chi connectivity index (χ1n) is 7.60. The number of esters is 1. The van der Waals surface area contributed by atoms with E-state index in [1.165, 1.54) is 16.7 Å². The van der Waals surface area contributed by atoms with Crippen LogP contribution in [0.1, 0.15) is 16.1 Å². The van der Waals surface area contributed by atoms with Gasteiger partial charge in [0.1, 0.15) is 0 Å². The third kappa shape index (κ3) is 3.30. The summed E-state index contributed by atoms with van der Waals surface area (Å²) in [6, 6.07) is 5.73. The second-order valence-corrected chi connectivity index (χ2v) is 5.47. The Kier molecular flexibility index (Phi) is 4.38. The number of carbonyl (C=O) groups excluding carboxylic acids is 3. The number of imide groups is 1. The molecule has 1 aliphatic rings. The largest absolute Gasteiger partial charge is 0.452 e. The summed E-state index contributed by atoms with van der Waals surface area (Å²) in [5.74, 6) is -1.26. The molecule has 9 heteroatoms. The van der Waals surface area contributed by atoms with Gasteiger partial charge in [-0.25, -0.2) is 14.4 Å². The van der Waals surface area contributed by atoms with Crippen LogP contribution in [0.3, 0.4) is 0 Å². The number of rotatable bonds is 4. The van der Waals surface area contributed by atoms with Crippen LogP contribution in [0.15, 0.2) is 35.3 Å². The maximum absolute atomic E-state index is 12.0. The lowest BCUT2D eigenvalue weighted by Crippen LogP contribution is -2.37. The predicted molar refractivity (Wildman–Crippen MR) is 86.5 cm³/mol. The van der Waals surface area contributed by atoms with Gasteiger partial charge in [0.15, 0.2) is 6.61 Å². The first-order chi connectivity index (χ1) is 12.0. The summed E-state index contributed by atoms with van der Waals surface area (Å²) in [4.78, 5) is 50.5. The SMILES string of the molecule is Cc1c[nH]c(=O)n1-c1ccc(C(=O)OCC(=O)N2CCNC2=O)cc1. The first-order valence-corrected chi connectivity index (χ1v) is 7.60. The summed E-state index contributed by atoms with van der Waals surface area (Å²) in [7, 11) is 0. The molecule has 1 saturated heterocycles.